The zero-order chi connectivity index (χ0) is 33.8. The van der Waals surface area contributed by atoms with Gasteiger partial charge in [-0.25, -0.2) is 0 Å². The smallest absolute Gasteiger partial charge is 0.120 e. The standard InChI is InChI=1S/C23H23N2.C22H20NO.Ir/c1-23(2)19(16-9-6-7-10-16)15-18-13-8-14-20-21(18)25(23)22(24-20)17-11-4-3-5-12-17;1-22(2,3)14-15-11-12-23-19(13-15)18-9-6-8-17-16-7-4-5-10-20(16)24-21(17)18;/h3-5,8,11,13-16H,6-7,9-10H2,1-2H3;4-8,10-13H,14H2,1-3H3;/q2*-1;. The van der Waals surface area contributed by atoms with E-state index in [0.717, 1.165) is 56.5 Å². The number of nitrogens with zero attached hydrogens (tertiary/aromatic N) is 3. The van der Waals surface area contributed by atoms with E-state index in [0.29, 0.717) is 5.92 Å². The molecule has 255 valence electrons. The predicted octanol–water partition coefficient (Wildman–Crippen LogP) is 11.9. The number of allylic oxidation sites excluding steroid dienone is 1. The van der Waals surface area contributed by atoms with Gasteiger partial charge in [0.05, 0.1) is 28.0 Å². The Hall–Kier alpha value is -4.31. The number of furan rings is 1. The molecular weight excluding hydrogens is 791 g/mol. The van der Waals surface area contributed by atoms with E-state index in [1.165, 1.54) is 42.3 Å². The first-order valence-corrected chi connectivity index (χ1v) is 17.7. The van der Waals surface area contributed by atoms with Crippen LogP contribution in [0.4, 0.5) is 0 Å². The van der Waals surface area contributed by atoms with Crippen molar-refractivity contribution in [3.8, 4) is 22.6 Å². The molecule has 4 aromatic carbocycles. The van der Waals surface area contributed by atoms with E-state index in [-0.39, 0.29) is 31.1 Å². The Kier molecular flexibility index (Phi) is 9.17. The third kappa shape index (κ3) is 6.27. The molecule has 0 atom stereocenters. The van der Waals surface area contributed by atoms with Crippen LogP contribution in [0.1, 0.15) is 71.4 Å². The Morgan fingerprint density at radius 1 is 0.880 bits per heavy atom. The van der Waals surface area contributed by atoms with E-state index in [4.69, 9.17) is 9.40 Å². The van der Waals surface area contributed by atoms with Gasteiger partial charge in [-0.3, -0.25) is 4.98 Å². The Bertz CT molecular complexity index is 2330. The molecule has 1 saturated carbocycles. The van der Waals surface area contributed by atoms with Gasteiger partial charge < -0.3 is 14.0 Å². The fourth-order valence-corrected chi connectivity index (χ4v) is 8.07. The van der Waals surface area contributed by atoms with Crippen molar-refractivity contribution in [3.05, 3.63) is 126 Å². The normalized spacial score (nSPS) is 15.5. The van der Waals surface area contributed by atoms with Gasteiger partial charge in [0.15, 0.2) is 0 Å². The Morgan fingerprint density at radius 2 is 1.68 bits per heavy atom. The number of hydrogen-bond donors (Lipinski definition) is 0. The van der Waals surface area contributed by atoms with Crippen LogP contribution in [0.2, 0.25) is 0 Å². The molecule has 0 spiro atoms. The molecule has 0 bridgehead atoms. The van der Waals surface area contributed by atoms with Crippen LogP contribution in [0.3, 0.4) is 0 Å². The van der Waals surface area contributed by atoms with Gasteiger partial charge in [-0.15, -0.1) is 54.1 Å². The summed E-state index contributed by atoms with van der Waals surface area (Å²) in [6, 6.07) is 37.8. The van der Waals surface area contributed by atoms with Crippen molar-refractivity contribution in [1.29, 1.82) is 0 Å². The number of pyridine rings is 1. The number of fused-ring (bicyclic) bond motifs is 3. The minimum atomic E-state index is -0.0584. The third-order valence-electron chi connectivity index (χ3n) is 10.2. The zero-order valence-corrected chi connectivity index (χ0v) is 31.9. The Balaban J connectivity index is 0.000000154. The van der Waals surface area contributed by atoms with E-state index < -0.39 is 0 Å². The number of para-hydroxylation sites is 2. The fourth-order valence-electron chi connectivity index (χ4n) is 8.07. The molecule has 1 aliphatic heterocycles. The van der Waals surface area contributed by atoms with Gasteiger partial charge in [0.1, 0.15) is 5.58 Å². The van der Waals surface area contributed by atoms with Crippen LogP contribution in [0.25, 0.3) is 61.7 Å². The average molecular weight is 834 g/mol. The van der Waals surface area contributed by atoms with Crippen LogP contribution in [0.5, 0.6) is 0 Å². The van der Waals surface area contributed by atoms with E-state index in [1.807, 2.05) is 42.6 Å². The van der Waals surface area contributed by atoms with Crippen molar-refractivity contribution in [1.82, 2.24) is 14.5 Å². The maximum atomic E-state index is 6.11. The van der Waals surface area contributed by atoms with Gasteiger partial charge in [0.25, 0.3) is 0 Å². The molecule has 4 nitrogen and oxygen atoms in total. The summed E-state index contributed by atoms with van der Waals surface area (Å²) >= 11 is 0. The van der Waals surface area contributed by atoms with E-state index >= 15 is 0 Å². The van der Waals surface area contributed by atoms with Crippen molar-refractivity contribution < 1.29 is 24.5 Å². The SMILES string of the molecule is CC(C)(C)Cc1ccnc(-c2[c-]ccc3c2oc2ccccc23)c1.CC1(C)C(C2CCCC2)=Cc2cccc3nc(-c4[c-]cccc4)n1c23.[Ir]. The number of imidazole rings is 1. The summed E-state index contributed by atoms with van der Waals surface area (Å²) in [6.45, 7) is 11.5. The van der Waals surface area contributed by atoms with Crippen LogP contribution >= 0.6 is 0 Å². The molecule has 1 aliphatic carbocycles. The van der Waals surface area contributed by atoms with Gasteiger partial charge in [-0.1, -0.05) is 92.6 Å². The average Bonchev–Trinajstić information content (AvgIpc) is 3.85. The van der Waals surface area contributed by atoms with Gasteiger partial charge in [-0.05, 0) is 79.5 Å². The monoisotopic (exact) mass is 834 g/mol. The molecule has 9 rings (SSSR count). The first-order valence-electron chi connectivity index (χ1n) is 17.7. The topological polar surface area (TPSA) is 43.9 Å². The molecular formula is C45H43IrN3O-2. The van der Waals surface area contributed by atoms with Crippen LogP contribution in [0.15, 0.2) is 107 Å². The molecule has 3 aromatic heterocycles. The fraction of sp³-hybridized carbons (Fsp3) is 0.289. The van der Waals surface area contributed by atoms with E-state index in [1.54, 1.807) is 5.57 Å². The molecule has 4 heterocycles. The van der Waals surface area contributed by atoms with E-state index in [9.17, 15) is 0 Å². The van der Waals surface area contributed by atoms with Crippen molar-refractivity contribution in [2.75, 3.05) is 0 Å². The van der Waals surface area contributed by atoms with Gasteiger partial charge in [0.2, 0.25) is 0 Å². The second-order valence-corrected chi connectivity index (χ2v) is 15.4. The van der Waals surface area contributed by atoms with Crippen molar-refractivity contribution >= 4 is 39.0 Å². The summed E-state index contributed by atoms with van der Waals surface area (Å²) in [6.07, 6.45) is 10.7. The molecule has 7 aromatic rings. The molecule has 50 heavy (non-hydrogen) atoms. The molecule has 2 aliphatic rings. The largest absolute Gasteiger partial charge is 0.501 e. The minimum absolute atomic E-state index is 0. The van der Waals surface area contributed by atoms with Gasteiger partial charge >= 0.3 is 0 Å². The predicted molar refractivity (Wildman–Crippen MR) is 202 cm³/mol. The van der Waals surface area contributed by atoms with E-state index in [2.05, 4.69) is 117 Å². The molecule has 0 unspecified atom stereocenters. The van der Waals surface area contributed by atoms with Crippen LogP contribution in [0, 0.1) is 23.5 Å². The number of benzene rings is 4. The van der Waals surface area contributed by atoms with Crippen LogP contribution < -0.4 is 0 Å². The summed E-state index contributed by atoms with van der Waals surface area (Å²) in [7, 11) is 0. The first kappa shape index (κ1) is 34.2. The molecule has 5 heteroatoms. The molecule has 1 fully saturated rings. The summed E-state index contributed by atoms with van der Waals surface area (Å²) in [5, 5.41) is 2.25. The van der Waals surface area contributed by atoms with Crippen LogP contribution in [-0.4, -0.2) is 14.5 Å². The summed E-state index contributed by atoms with van der Waals surface area (Å²) in [5.41, 5.74) is 11.4. The Labute approximate surface area is 309 Å². The quantitative estimate of drug-likeness (QED) is 0.166. The van der Waals surface area contributed by atoms with Crippen molar-refractivity contribution in [2.24, 2.45) is 11.3 Å². The number of hydrogen-bond acceptors (Lipinski definition) is 3. The summed E-state index contributed by atoms with van der Waals surface area (Å²) < 4.78 is 8.58. The van der Waals surface area contributed by atoms with Gasteiger partial charge in [0, 0.05) is 31.7 Å². The third-order valence-corrected chi connectivity index (χ3v) is 10.2. The second-order valence-electron chi connectivity index (χ2n) is 15.4. The molecule has 1 radical (unpaired) electrons. The number of rotatable bonds is 4. The van der Waals surface area contributed by atoms with Crippen LogP contribution in [-0.2, 0) is 32.1 Å². The first-order chi connectivity index (χ1) is 23.7. The zero-order valence-electron chi connectivity index (χ0n) is 29.5. The maximum absolute atomic E-state index is 6.11. The Morgan fingerprint density at radius 3 is 2.46 bits per heavy atom. The molecule has 0 N–H and O–H groups in total. The maximum Gasteiger partial charge on any atom is 0.120 e. The second kappa shape index (κ2) is 13.4. The minimum Gasteiger partial charge on any atom is -0.501 e. The summed E-state index contributed by atoms with van der Waals surface area (Å²) in [5.74, 6) is 1.74. The summed E-state index contributed by atoms with van der Waals surface area (Å²) in [4.78, 5) is 9.58. The van der Waals surface area contributed by atoms with Crippen molar-refractivity contribution in [2.45, 2.75) is 72.3 Å². The van der Waals surface area contributed by atoms with Gasteiger partial charge in [-0.2, -0.15) is 0 Å². The molecule has 0 saturated heterocycles. The molecule has 0 amide bonds. The van der Waals surface area contributed by atoms with Crippen molar-refractivity contribution in [3.63, 3.8) is 0 Å². The number of aromatic nitrogens is 3.